The van der Waals surface area contributed by atoms with E-state index in [1.165, 1.54) is 31.2 Å². The van der Waals surface area contributed by atoms with E-state index >= 15 is 0 Å². The molecule has 1 N–H and O–H groups in total. The molecule has 0 spiro atoms. The minimum atomic E-state index is 0.349. The van der Waals surface area contributed by atoms with E-state index in [1.807, 2.05) is 13.1 Å². The van der Waals surface area contributed by atoms with E-state index < -0.39 is 0 Å². The fourth-order valence-electron chi connectivity index (χ4n) is 2.85. The Morgan fingerprint density at radius 1 is 1.29 bits per heavy atom. The van der Waals surface area contributed by atoms with Gasteiger partial charge in [-0.1, -0.05) is 18.6 Å². The molecule has 1 heterocycles. The van der Waals surface area contributed by atoms with Crippen molar-refractivity contribution in [3.8, 4) is 5.75 Å². The van der Waals surface area contributed by atoms with Gasteiger partial charge in [-0.15, -0.1) is 0 Å². The van der Waals surface area contributed by atoms with Crippen LogP contribution in [0.15, 0.2) is 30.1 Å². The lowest BCUT2D eigenvalue weighted by Gasteiger charge is -2.22. The molecule has 1 atom stereocenters. The van der Waals surface area contributed by atoms with Gasteiger partial charge in [0, 0.05) is 12.2 Å². The highest BCUT2D eigenvalue weighted by Crippen LogP contribution is 2.28. The summed E-state index contributed by atoms with van der Waals surface area (Å²) in [6.45, 7) is 5.94. The number of hydrogen-bond acceptors (Lipinski definition) is 3. The van der Waals surface area contributed by atoms with Crippen molar-refractivity contribution in [2.45, 2.75) is 58.4 Å². The second-order valence-electron chi connectivity index (χ2n) is 5.71. The van der Waals surface area contributed by atoms with Crippen LogP contribution in [0.5, 0.6) is 5.75 Å². The lowest BCUT2D eigenvalue weighted by molar-refractivity contribution is 0.337. The van der Waals surface area contributed by atoms with Gasteiger partial charge in [0.2, 0.25) is 0 Å². The van der Waals surface area contributed by atoms with E-state index in [2.05, 4.69) is 29.4 Å². The average Bonchev–Trinajstić information content (AvgIpc) is 2.53. The fraction of sp³-hybridized carbons (Fsp3) is 0.611. The van der Waals surface area contributed by atoms with E-state index in [4.69, 9.17) is 4.74 Å². The van der Waals surface area contributed by atoms with Crippen LogP contribution in [-0.2, 0) is 0 Å². The van der Waals surface area contributed by atoms with Gasteiger partial charge in [-0.3, -0.25) is 4.98 Å². The lowest BCUT2D eigenvalue weighted by atomic mass is 9.92. The number of nitrogens with zero attached hydrogens (tertiary/aromatic N) is 1. The minimum absolute atomic E-state index is 0.349. The van der Waals surface area contributed by atoms with Crippen LogP contribution in [-0.4, -0.2) is 18.1 Å². The monoisotopic (exact) mass is 288 g/mol. The minimum Gasteiger partial charge on any atom is -0.492 e. The Bertz CT molecular complexity index is 456. The highest BCUT2D eigenvalue weighted by molar-refractivity contribution is 5.27. The number of pyridine rings is 1. The molecule has 0 fully saturated rings. The van der Waals surface area contributed by atoms with E-state index in [0.717, 1.165) is 25.1 Å². The molecule has 1 unspecified atom stereocenters. The Labute approximate surface area is 128 Å². The smallest absolute Gasteiger partial charge is 0.137 e. The first-order valence-electron chi connectivity index (χ1n) is 8.32. The predicted molar refractivity (Wildman–Crippen MR) is 87.6 cm³/mol. The molecule has 116 valence electrons. The van der Waals surface area contributed by atoms with Gasteiger partial charge in [0.15, 0.2) is 0 Å². The molecule has 0 aromatic carbocycles. The molecule has 1 aliphatic rings. The van der Waals surface area contributed by atoms with E-state index in [1.54, 1.807) is 11.8 Å². The first-order valence-corrected chi connectivity index (χ1v) is 8.32. The summed E-state index contributed by atoms with van der Waals surface area (Å²) in [5.74, 6) is 0.871. The first-order chi connectivity index (χ1) is 10.3. The fourth-order valence-corrected chi connectivity index (χ4v) is 2.85. The van der Waals surface area contributed by atoms with Crippen LogP contribution >= 0.6 is 0 Å². The van der Waals surface area contributed by atoms with Crippen molar-refractivity contribution in [2.75, 3.05) is 13.2 Å². The zero-order chi connectivity index (χ0) is 14.9. The quantitative estimate of drug-likeness (QED) is 0.719. The third kappa shape index (κ3) is 5.16. The second-order valence-corrected chi connectivity index (χ2v) is 5.71. The molecule has 3 heteroatoms. The maximum Gasteiger partial charge on any atom is 0.137 e. The summed E-state index contributed by atoms with van der Waals surface area (Å²) < 4.78 is 5.59. The van der Waals surface area contributed by atoms with Crippen LogP contribution in [0, 0.1) is 0 Å². The van der Waals surface area contributed by atoms with Crippen molar-refractivity contribution in [3.63, 3.8) is 0 Å². The van der Waals surface area contributed by atoms with Gasteiger partial charge in [0.25, 0.3) is 0 Å². The zero-order valence-electron chi connectivity index (χ0n) is 13.4. The molecule has 0 aliphatic heterocycles. The number of hydrogen-bond donors (Lipinski definition) is 1. The second kappa shape index (κ2) is 8.83. The molecule has 21 heavy (non-hydrogen) atoms. The Morgan fingerprint density at radius 2 is 2.19 bits per heavy atom. The van der Waals surface area contributed by atoms with Crippen molar-refractivity contribution in [1.82, 2.24) is 10.3 Å². The summed E-state index contributed by atoms with van der Waals surface area (Å²) in [6.07, 6.45) is 13.6. The molecule has 0 saturated carbocycles. The van der Waals surface area contributed by atoms with Crippen LogP contribution in [0.2, 0.25) is 0 Å². The van der Waals surface area contributed by atoms with Gasteiger partial charge in [0.05, 0.1) is 12.8 Å². The summed E-state index contributed by atoms with van der Waals surface area (Å²) in [5, 5.41) is 3.67. The van der Waals surface area contributed by atoms with E-state index in [9.17, 15) is 0 Å². The maximum atomic E-state index is 5.59. The number of nitrogens with one attached hydrogen (secondary N) is 1. The third-order valence-electron chi connectivity index (χ3n) is 3.94. The summed E-state index contributed by atoms with van der Waals surface area (Å²) in [5.41, 5.74) is 2.83. The number of allylic oxidation sites excluding steroid dienone is 1. The zero-order valence-corrected chi connectivity index (χ0v) is 13.4. The van der Waals surface area contributed by atoms with Gasteiger partial charge in [-0.05, 0) is 63.6 Å². The molecule has 0 radical (unpaired) electrons. The molecule has 0 amide bonds. The van der Waals surface area contributed by atoms with Gasteiger partial charge in [-0.2, -0.15) is 0 Å². The normalized spacial score (nSPS) is 16.4. The Hall–Kier alpha value is -1.35. The van der Waals surface area contributed by atoms with Crippen LogP contribution < -0.4 is 10.1 Å². The molecule has 2 rings (SSSR count). The van der Waals surface area contributed by atoms with Crippen molar-refractivity contribution >= 4 is 0 Å². The molecule has 0 saturated heterocycles. The summed E-state index contributed by atoms with van der Waals surface area (Å²) in [7, 11) is 0. The highest BCUT2D eigenvalue weighted by Gasteiger charge is 2.15. The van der Waals surface area contributed by atoms with Crippen molar-refractivity contribution in [3.05, 3.63) is 35.7 Å². The topological polar surface area (TPSA) is 34.2 Å². The SMILES string of the molecule is CCCNC(CC1=CCCCC1)c1cncc(OCC)c1. The molecule has 0 bridgehead atoms. The van der Waals surface area contributed by atoms with Crippen LogP contribution in [0.4, 0.5) is 0 Å². The summed E-state index contributed by atoms with van der Waals surface area (Å²) >= 11 is 0. The molecule has 1 aliphatic carbocycles. The van der Waals surface area contributed by atoms with Crippen LogP contribution in [0.1, 0.15) is 64.0 Å². The van der Waals surface area contributed by atoms with Crippen molar-refractivity contribution < 1.29 is 4.74 Å². The van der Waals surface area contributed by atoms with Crippen molar-refractivity contribution in [2.24, 2.45) is 0 Å². The molecule has 1 aromatic rings. The standard InChI is InChI=1S/C18H28N2O/c1-3-10-20-18(11-15-8-6-5-7-9-15)16-12-17(21-4-2)14-19-13-16/h8,12-14,18,20H,3-7,9-11H2,1-2H3. The van der Waals surface area contributed by atoms with Gasteiger partial charge >= 0.3 is 0 Å². The average molecular weight is 288 g/mol. The molecular weight excluding hydrogens is 260 g/mol. The first kappa shape index (κ1) is 16.0. The van der Waals surface area contributed by atoms with Gasteiger partial charge in [-0.25, -0.2) is 0 Å². The molecular formula is C18H28N2O. The lowest BCUT2D eigenvalue weighted by Crippen LogP contribution is -2.23. The number of ether oxygens (including phenoxy) is 1. The summed E-state index contributed by atoms with van der Waals surface area (Å²) in [6, 6.07) is 2.48. The van der Waals surface area contributed by atoms with Crippen LogP contribution in [0.25, 0.3) is 0 Å². The van der Waals surface area contributed by atoms with E-state index in [0.29, 0.717) is 12.6 Å². The molecule has 3 nitrogen and oxygen atoms in total. The van der Waals surface area contributed by atoms with Gasteiger partial charge in [0.1, 0.15) is 5.75 Å². The number of aromatic nitrogens is 1. The summed E-state index contributed by atoms with van der Waals surface area (Å²) in [4.78, 5) is 4.34. The largest absolute Gasteiger partial charge is 0.492 e. The Morgan fingerprint density at radius 3 is 2.90 bits per heavy atom. The number of rotatable bonds is 8. The van der Waals surface area contributed by atoms with Gasteiger partial charge < -0.3 is 10.1 Å². The Balaban J connectivity index is 2.10. The van der Waals surface area contributed by atoms with Crippen molar-refractivity contribution in [1.29, 1.82) is 0 Å². The highest BCUT2D eigenvalue weighted by atomic mass is 16.5. The maximum absolute atomic E-state index is 5.59. The third-order valence-corrected chi connectivity index (χ3v) is 3.94. The van der Waals surface area contributed by atoms with Crippen LogP contribution in [0.3, 0.4) is 0 Å². The Kier molecular flexibility index (Phi) is 6.74. The van der Waals surface area contributed by atoms with E-state index in [-0.39, 0.29) is 0 Å². The molecule has 1 aromatic heterocycles. The predicted octanol–water partition coefficient (Wildman–Crippen LogP) is 4.41.